The van der Waals surface area contributed by atoms with Gasteiger partial charge >= 0.3 is 0 Å². The zero-order valence-electron chi connectivity index (χ0n) is 12.5. The van der Waals surface area contributed by atoms with Gasteiger partial charge < -0.3 is 0 Å². The molecule has 22 heavy (non-hydrogen) atoms. The Hall–Kier alpha value is -2.33. The first-order valence-electron chi connectivity index (χ1n) is 6.99. The minimum absolute atomic E-state index is 0.0869. The van der Waals surface area contributed by atoms with Crippen LogP contribution in [0.2, 0.25) is 0 Å². The first-order valence-corrected chi connectivity index (χ1v) is 8.22. The summed E-state index contributed by atoms with van der Waals surface area (Å²) in [6.45, 7) is 2.04. The van der Waals surface area contributed by atoms with Crippen LogP contribution in [0.1, 0.15) is 11.1 Å². The van der Waals surface area contributed by atoms with Crippen molar-refractivity contribution in [2.24, 2.45) is 4.99 Å². The van der Waals surface area contributed by atoms with Gasteiger partial charge in [0.2, 0.25) is 0 Å². The van der Waals surface area contributed by atoms with E-state index in [1.807, 2.05) is 73.9 Å². The van der Waals surface area contributed by atoms with Crippen LogP contribution < -0.4 is 4.90 Å². The molecule has 0 N–H and O–H groups in total. The van der Waals surface area contributed by atoms with E-state index in [0.29, 0.717) is 10.9 Å². The molecule has 0 saturated heterocycles. The minimum atomic E-state index is -0.0869. The number of anilines is 1. The predicted octanol–water partition coefficient (Wildman–Crippen LogP) is 4.10. The zero-order valence-corrected chi connectivity index (χ0v) is 13.3. The summed E-state index contributed by atoms with van der Waals surface area (Å²) >= 11 is 1.47. The molecule has 1 amide bonds. The van der Waals surface area contributed by atoms with E-state index < -0.39 is 0 Å². The number of aryl methyl sites for hydroxylation is 1. The molecule has 0 aliphatic carbocycles. The quantitative estimate of drug-likeness (QED) is 0.782. The molecule has 0 fully saturated rings. The van der Waals surface area contributed by atoms with Crippen molar-refractivity contribution in [3.05, 3.63) is 71.4 Å². The number of hydrogen-bond acceptors (Lipinski definition) is 3. The number of para-hydroxylation sites is 1. The maximum atomic E-state index is 12.7. The SMILES string of the molecule is CSC1=N/C(=C\c2ccc(C)cc2)C(=O)N1c1ccccc1. The number of rotatable bonds is 2. The smallest absolute Gasteiger partial charge is 0.266 e. The van der Waals surface area contributed by atoms with E-state index >= 15 is 0 Å². The number of amides is 1. The third-order valence-electron chi connectivity index (χ3n) is 3.41. The molecule has 110 valence electrons. The normalized spacial score (nSPS) is 16.3. The molecule has 0 aromatic heterocycles. The molecule has 3 rings (SSSR count). The van der Waals surface area contributed by atoms with Crippen molar-refractivity contribution in [1.82, 2.24) is 0 Å². The largest absolute Gasteiger partial charge is 0.283 e. The highest BCUT2D eigenvalue weighted by Gasteiger charge is 2.30. The zero-order chi connectivity index (χ0) is 15.5. The van der Waals surface area contributed by atoms with Gasteiger partial charge in [-0.1, -0.05) is 59.8 Å². The fourth-order valence-electron chi connectivity index (χ4n) is 2.26. The van der Waals surface area contributed by atoms with Crippen LogP contribution in [0.3, 0.4) is 0 Å². The van der Waals surface area contributed by atoms with E-state index in [1.165, 1.54) is 17.3 Å². The number of carbonyl (C=O) groups is 1. The maximum absolute atomic E-state index is 12.7. The molecule has 1 aliphatic heterocycles. The van der Waals surface area contributed by atoms with Crippen molar-refractivity contribution in [1.29, 1.82) is 0 Å². The minimum Gasteiger partial charge on any atom is -0.266 e. The van der Waals surface area contributed by atoms with Gasteiger partial charge in [0.25, 0.3) is 5.91 Å². The first kappa shape index (κ1) is 14.6. The van der Waals surface area contributed by atoms with Gasteiger partial charge in [-0.05, 0) is 37.0 Å². The molecule has 0 spiro atoms. The van der Waals surface area contributed by atoms with Crippen molar-refractivity contribution in [3.8, 4) is 0 Å². The Labute approximate surface area is 134 Å². The highest BCUT2D eigenvalue weighted by Crippen LogP contribution is 2.28. The monoisotopic (exact) mass is 308 g/mol. The lowest BCUT2D eigenvalue weighted by molar-refractivity contribution is -0.113. The highest BCUT2D eigenvalue weighted by atomic mass is 32.2. The van der Waals surface area contributed by atoms with Gasteiger partial charge in [-0.3, -0.25) is 9.69 Å². The molecule has 1 aliphatic rings. The van der Waals surface area contributed by atoms with Gasteiger partial charge in [-0.2, -0.15) is 0 Å². The number of nitrogens with zero attached hydrogens (tertiary/aromatic N) is 2. The summed E-state index contributed by atoms with van der Waals surface area (Å²) < 4.78 is 0. The van der Waals surface area contributed by atoms with E-state index in [4.69, 9.17) is 0 Å². The molecule has 4 heteroatoms. The number of hydrogen-bond donors (Lipinski definition) is 0. The summed E-state index contributed by atoms with van der Waals surface area (Å²) in [6, 6.07) is 17.6. The summed E-state index contributed by atoms with van der Waals surface area (Å²) in [7, 11) is 0. The summed E-state index contributed by atoms with van der Waals surface area (Å²) in [4.78, 5) is 18.8. The molecule has 2 aromatic carbocycles. The van der Waals surface area contributed by atoms with Crippen molar-refractivity contribution in [2.45, 2.75) is 6.92 Å². The van der Waals surface area contributed by atoms with Gasteiger partial charge in [0, 0.05) is 0 Å². The average molecular weight is 308 g/mol. The van der Waals surface area contributed by atoms with Crippen LogP contribution in [0, 0.1) is 6.92 Å². The average Bonchev–Trinajstić information content (AvgIpc) is 2.86. The Balaban J connectivity index is 1.97. The van der Waals surface area contributed by atoms with E-state index in [2.05, 4.69) is 4.99 Å². The molecule has 0 atom stereocenters. The lowest BCUT2D eigenvalue weighted by Gasteiger charge is -2.16. The second kappa shape index (κ2) is 6.20. The van der Waals surface area contributed by atoms with Gasteiger partial charge in [-0.25, -0.2) is 4.99 Å². The number of carbonyl (C=O) groups excluding carboxylic acids is 1. The summed E-state index contributed by atoms with van der Waals surface area (Å²) in [5.41, 5.74) is 3.48. The van der Waals surface area contributed by atoms with E-state index in [9.17, 15) is 4.79 Å². The van der Waals surface area contributed by atoms with Gasteiger partial charge in [0.05, 0.1) is 5.69 Å². The fraction of sp³-hybridized carbons (Fsp3) is 0.111. The van der Waals surface area contributed by atoms with Crippen LogP contribution >= 0.6 is 11.8 Å². The number of thioether (sulfide) groups is 1. The Morgan fingerprint density at radius 1 is 1.05 bits per heavy atom. The Kier molecular flexibility index (Phi) is 4.11. The summed E-state index contributed by atoms with van der Waals surface area (Å²) in [5.74, 6) is -0.0869. The maximum Gasteiger partial charge on any atom is 0.283 e. The van der Waals surface area contributed by atoms with E-state index in [-0.39, 0.29) is 5.91 Å². The lowest BCUT2D eigenvalue weighted by Crippen LogP contribution is -2.29. The molecular weight excluding hydrogens is 292 g/mol. The molecule has 3 nitrogen and oxygen atoms in total. The highest BCUT2D eigenvalue weighted by molar-refractivity contribution is 8.13. The molecule has 0 saturated carbocycles. The predicted molar refractivity (Wildman–Crippen MR) is 94.0 cm³/mol. The summed E-state index contributed by atoms with van der Waals surface area (Å²) in [6.07, 6.45) is 3.76. The van der Waals surface area contributed by atoms with Gasteiger partial charge in [0.1, 0.15) is 5.70 Å². The Morgan fingerprint density at radius 2 is 1.73 bits per heavy atom. The topological polar surface area (TPSA) is 32.7 Å². The third kappa shape index (κ3) is 2.83. The molecule has 0 radical (unpaired) electrons. The van der Waals surface area contributed by atoms with Crippen molar-refractivity contribution in [2.75, 3.05) is 11.2 Å². The molecule has 0 bridgehead atoms. The first-order chi connectivity index (χ1) is 10.7. The van der Waals surface area contributed by atoms with Crippen LogP contribution in [0.25, 0.3) is 6.08 Å². The van der Waals surface area contributed by atoms with Gasteiger partial charge in [0.15, 0.2) is 5.17 Å². The van der Waals surface area contributed by atoms with E-state index in [1.54, 1.807) is 4.90 Å². The molecular formula is C18H16N2OS. The molecule has 1 heterocycles. The Bertz CT molecular complexity index is 748. The van der Waals surface area contributed by atoms with Gasteiger partial charge in [-0.15, -0.1) is 0 Å². The lowest BCUT2D eigenvalue weighted by atomic mass is 10.1. The number of benzene rings is 2. The van der Waals surface area contributed by atoms with E-state index in [0.717, 1.165) is 11.3 Å². The third-order valence-corrected chi connectivity index (χ3v) is 4.05. The van der Waals surface area contributed by atoms with Crippen LogP contribution in [0.5, 0.6) is 0 Å². The fourth-order valence-corrected chi connectivity index (χ4v) is 2.82. The van der Waals surface area contributed by atoms with Crippen LogP contribution in [0.4, 0.5) is 5.69 Å². The van der Waals surface area contributed by atoms with Crippen LogP contribution in [-0.2, 0) is 4.79 Å². The van der Waals surface area contributed by atoms with Crippen molar-refractivity contribution < 1.29 is 4.79 Å². The molecule has 0 unspecified atom stereocenters. The Morgan fingerprint density at radius 3 is 2.36 bits per heavy atom. The summed E-state index contributed by atoms with van der Waals surface area (Å²) in [5, 5.41) is 0.703. The number of amidine groups is 1. The second-order valence-electron chi connectivity index (χ2n) is 5.01. The standard InChI is InChI=1S/C18H16N2OS/c1-13-8-10-14(11-9-13)12-16-17(21)20(18(19-16)22-2)15-6-4-3-5-7-15/h3-12H,1-2H3/b16-12-. The van der Waals surface area contributed by atoms with Crippen molar-refractivity contribution >= 4 is 34.6 Å². The van der Waals surface area contributed by atoms with Crippen LogP contribution in [0.15, 0.2) is 65.3 Å². The second-order valence-corrected chi connectivity index (χ2v) is 5.79. The molecule has 2 aromatic rings. The van der Waals surface area contributed by atoms with Crippen LogP contribution in [-0.4, -0.2) is 17.3 Å². The number of aliphatic imine (C=N–C) groups is 1. The van der Waals surface area contributed by atoms with Crippen molar-refractivity contribution in [3.63, 3.8) is 0 Å².